The van der Waals surface area contributed by atoms with E-state index in [1.807, 2.05) is 6.07 Å². The number of amides is 1. The van der Waals surface area contributed by atoms with Crippen molar-refractivity contribution < 1.29 is 9.18 Å². The van der Waals surface area contributed by atoms with Crippen LogP contribution in [0.15, 0.2) is 47.3 Å². The summed E-state index contributed by atoms with van der Waals surface area (Å²) in [5.41, 5.74) is 3.01. The van der Waals surface area contributed by atoms with Crippen LogP contribution in [-0.2, 0) is 0 Å². The normalized spacial score (nSPS) is 14.9. The Morgan fingerprint density at radius 2 is 1.89 bits per heavy atom. The van der Waals surface area contributed by atoms with E-state index in [4.69, 9.17) is 16.6 Å². The standard InChI is InChI=1S/C21H19ClFN3O2/c22-17-12-14(23)10-11-15(17)20(27)25-26-19(13-6-2-1-3-7-13)24-18-9-5-4-8-16(18)21(26)28/h4-5,8-13H,1-3,6-7H2,(H,25,27). The van der Waals surface area contributed by atoms with Crippen LogP contribution in [0.1, 0.15) is 54.2 Å². The van der Waals surface area contributed by atoms with Gasteiger partial charge in [-0.2, -0.15) is 0 Å². The van der Waals surface area contributed by atoms with Crippen molar-refractivity contribution in [1.29, 1.82) is 0 Å². The molecule has 0 aliphatic heterocycles. The first-order valence-electron chi connectivity index (χ1n) is 9.32. The van der Waals surface area contributed by atoms with Crippen molar-refractivity contribution in [1.82, 2.24) is 9.66 Å². The summed E-state index contributed by atoms with van der Waals surface area (Å²) < 4.78 is 14.5. The molecule has 4 rings (SSSR count). The Balaban J connectivity index is 1.80. The van der Waals surface area contributed by atoms with E-state index in [1.165, 1.54) is 10.7 Å². The van der Waals surface area contributed by atoms with Crippen LogP contribution in [0, 0.1) is 5.82 Å². The fraction of sp³-hybridized carbons (Fsp3) is 0.286. The van der Waals surface area contributed by atoms with Crippen LogP contribution in [-0.4, -0.2) is 15.6 Å². The maximum Gasteiger partial charge on any atom is 0.280 e. The van der Waals surface area contributed by atoms with E-state index in [-0.39, 0.29) is 22.1 Å². The fourth-order valence-electron chi connectivity index (χ4n) is 3.73. The van der Waals surface area contributed by atoms with E-state index in [1.54, 1.807) is 18.2 Å². The molecular formula is C21H19ClFN3O2. The summed E-state index contributed by atoms with van der Waals surface area (Å²) in [6, 6.07) is 10.6. The third-order valence-corrected chi connectivity index (χ3v) is 5.47. The minimum atomic E-state index is -0.582. The minimum absolute atomic E-state index is 0.0153. The maximum absolute atomic E-state index is 13.3. The molecule has 1 amide bonds. The van der Waals surface area contributed by atoms with Crippen LogP contribution in [0.2, 0.25) is 5.02 Å². The first-order chi connectivity index (χ1) is 13.5. The summed E-state index contributed by atoms with van der Waals surface area (Å²) in [7, 11) is 0. The van der Waals surface area contributed by atoms with Crippen molar-refractivity contribution in [2.24, 2.45) is 0 Å². The fourth-order valence-corrected chi connectivity index (χ4v) is 3.98. The van der Waals surface area contributed by atoms with Crippen molar-refractivity contribution in [2.45, 2.75) is 38.0 Å². The second kappa shape index (κ2) is 7.72. The molecule has 0 radical (unpaired) electrons. The van der Waals surface area contributed by atoms with Gasteiger partial charge in [0.05, 0.1) is 21.5 Å². The quantitative estimate of drug-likeness (QED) is 0.698. The number of fused-ring (bicyclic) bond motifs is 1. The second-order valence-corrected chi connectivity index (χ2v) is 7.43. The second-order valence-electron chi connectivity index (χ2n) is 7.03. The minimum Gasteiger partial charge on any atom is -0.267 e. The SMILES string of the molecule is O=C(Nn1c(C2CCCCC2)nc2ccccc2c1=O)c1ccc(F)cc1Cl. The molecule has 0 saturated heterocycles. The van der Waals surface area contributed by atoms with Gasteiger partial charge in [0, 0.05) is 5.92 Å². The summed E-state index contributed by atoms with van der Waals surface area (Å²) in [5.74, 6) is -0.472. The van der Waals surface area contributed by atoms with Crippen molar-refractivity contribution in [3.8, 4) is 0 Å². The molecule has 1 aliphatic rings. The average Bonchev–Trinajstić information content (AvgIpc) is 2.70. The molecule has 7 heteroatoms. The van der Waals surface area contributed by atoms with Crippen LogP contribution in [0.5, 0.6) is 0 Å². The Morgan fingerprint density at radius 1 is 1.14 bits per heavy atom. The van der Waals surface area contributed by atoms with Gasteiger partial charge in [-0.1, -0.05) is 43.0 Å². The molecule has 0 spiro atoms. The number of benzene rings is 2. The molecule has 1 heterocycles. The topological polar surface area (TPSA) is 64.0 Å². The van der Waals surface area contributed by atoms with Gasteiger partial charge >= 0.3 is 0 Å². The number of hydrogen-bond acceptors (Lipinski definition) is 3. The van der Waals surface area contributed by atoms with E-state index < -0.39 is 11.7 Å². The van der Waals surface area contributed by atoms with Crippen LogP contribution in [0.3, 0.4) is 0 Å². The molecule has 1 N–H and O–H groups in total. The molecule has 2 aromatic carbocycles. The third kappa shape index (κ3) is 3.52. The molecule has 0 atom stereocenters. The van der Waals surface area contributed by atoms with E-state index >= 15 is 0 Å². The van der Waals surface area contributed by atoms with Gasteiger partial charge in [-0.3, -0.25) is 15.0 Å². The molecule has 5 nitrogen and oxygen atoms in total. The molecule has 0 bridgehead atoms. The zero-order valence-electron chi connectivity index (χ0n) is 15.1. The molecule has 1 aliphatic carbocycles. The van der Waals surface area contributed by atoms with Gasteiger partial charge < -0.3 is 0 Å². The highest BCUT2D eigenvalue weighted by Crippen LogP contribution is 2.31. The number of aromatic nitrogens is 2. The van der Waals surface area contributed by atoms with Gasteiger partial charge in [0.15, 0.2) is 0 Å². The number of carbonyl (C=O) groups excluding carboxylic acids is 1. The van der Waals surface area contributed by atoms with Crippen LogP contribution >= 0.6 is 11.6 Å². The van der Waals surface area contributed by atoms with Crippen LogP contribution < -0.4 is 11.0 Å². The van der Waals surface area contributed by atoms with Gasteiger partial charge in [-0.05, 0) is 43.2 Å². The lowest BCUT2D eigenvalue weighted by atomic mass is 9.88. The monoisotopic (exact) mass is 399 g/mol. The highest BCUT2D eigenvalue weighted by atomic mass is 35.5. The van der Waals surface area contributed by atoms with Crippen molar-refractivity contribution in [2.75, 3.05) is 5.43 Å². The van der Waals surface area contributed by atoms with Gasteiger partial charge in [0.1, 0.15) is 11.6 Å². The zero-order chi connectivity index (χ0) is 19.7. The predicted octanol–water partition coefficient (Wildman–Crippen LogP) is 4.62. The van der Waals surface area contributed by atoms with E-state index in [9.17, 15) is 14.0 Å². The lowest BCUT2D eigenvalue weighted by molar-refractivity contribution is 0.101. The van der Waals surface area contributed by atoms with Gasteiger partial charge in [-0.15, -0.1) is 0 Å². The number of carbonyl (C=O) groups is 1. The molecular weight excluding hydrogens is 381 g/mol. The summed E-state index contributed by atoms with van der Waals surface area (Å²) in [6.07, 6.45) is 5.11. The molecule has 1 fully saturated rings. The third-order valence-electron chi connectivity index (χ3n) is 5.16. The molecule has 144 valence electrons. The van der Waals surface area contributed by atoms with E-state index in [0.717, 1.165) is 44.2 Å². The molecule has 28 heavy (non-hydrogen) atoms. The van der Waals surface area contributed by atoms with E-state index in [0.29, 0.717) is 16.7 Å². The number of rotatable bonds is 3. The largest absolute Gasteiger partial charge is 0.280 e. The first-order valence-corrected chi connectivity index (χ1v) is 9.70. The predicted molar refractivity (Wildman–Crippen MR) is 107 cm³/mol. The molecule has 0 unspecified atom stereocenters. The Labute approximate surface area is 166 Å². The smallest absolute Gasteiger partial charge is 0.267 e. The highest BCUT2D eigenvalue weighted by molar-refractivity contribution is 6.34. The van der Waals surface area contributed by atoms with Gasteiger partial charge in [0.2, 0.25) is 0 Å². The Bertz CT molecular complexity index is 1110. The number of para-hydroxylation sites is 1. The number of nitrogens with one attached hydrogen (secondary N) is 1. The zero-order valence-corrected chi connectivity index (χ0v) is 15.9. The molecule has 3 aromatic rings. The van der Waals surface area contributed by atoms with Gasteiger partial charge in [-0.25, -0.2) is 14.1 Å². The first kappa shape index (κ1) is 18.6. The summed E-state index contributed by atoms with van der Waals surface area (Å²) >= 11 is 6.01. The molecule has 1 saturated carbocycles. The number of nitrogens with zero attached hydrogens (tertiary/aromatic N) is 2. The van der Waals surface area contributed by atoms with E-state index in [2.05, 4.69) is 5.43 Å². The highest BCUT2D eigenvalue weighted by Gasteiger charge is 2.24. The number of halogens is 2. The summed E-state index contributed by atoms with van der Waals surface area (Å²) in [6.45, 7) is 0. The lowest BCUT2D eigenvalue weighted by Crippen LogP contribution is -2.37. The Morgan fingerprint density at radius 3 is 2.64 bits per heavy atom. The average molecular weight is 400 g/mol. The van der Waals surface area contributed by atoms with Crippen molar-refractivity contribution >= 4 is 28.4 Å². The Hall–Kier alpha value is -2.73. The van der Waals surface area contributed by atoms with Crippen LogP contribution in [0.4, 0.5) is 4.39 Å². The maximum atomic E-state index is 13.3. The summed E-state index contributed by atoms with van der Waals surface area (Å²) in [4.78, 5) is 30.6. The van der Waals surface area contributed by atoms with Crippen molar-refractivity contribution in [3.05, 3.63) is 75.0 Å². The lowest BCUT2D eigenvalue weighted by Gasteiger charge is -2.24. The molecule has 1 aromatic heterocycles. The Kier molecular flexibility index (Phi) is 5.13. The summed E-state index contributed by atoms with van der Waals surface area (Å²) in [5, 5.41) is 0.408. The number of hydrogen-bond donors (Lipinski definition) is 1. The van der Waals surface area contributed by atoms with Crippen molar-refractivity contribution in [3.63, 3.8) is 0 Å². The van der Waals surface area contributed by atoms with Crippen LogP contribution in [0.25, 0.3) is 10.9 Å². The van der Waals surface area contributed by atoms with Gasteiger partial charge in [0.25, 0.3) is 11.5 Å².